The first-order chi connectivity index (χ1) is 12.0. The molecule has 0 aromatic heterocycles. The van der Waals surface area contributed by atoms with Crippen molar-refractivity contribution in [3.63, 3.8) is 0 Å². The summed E-state index contributed by atoms with van der Waals surface area (Å²) in [4.78, 5) is 29.7. The smallest absolute Gasteiger partial charge is 0.245 e. The number of carbonyl (C=O) groups excluding carboxylic acids is 2. The van der Waals surface area contributed by atoms with Gasteiger partial charge in [0.05, 0.1) is 0 Å². The van der Waals surface area contributed by atoms with Crippen molar-refractivity contribution in [3.8, 4) is 0 Å². The number of benzene rings is 1. The minimum atomic E-state index is -0.397. The van der Waals surface area contributed by atoms with Gasteiger partial charge in [-0.2, -0.15) is 0 Å². The summed E-state index contributed by atoms with van der Waals surface area (Å²) >= 11 is 0. The normalized spacial score (nSPS) is 23.5. The van der Waals surface area contributed by atoms with E-state index < -0.39 is 6.04 Å². The monoisotopic (exact) mass is 343 g/mol. The van der Waals surface area contributed by atoms with Crippen LogP contribution >= 0.6 is 0 Å². The van der Waals surface area contributed by atoms with E-state index in [-0.39, 0.29) is 23.8 Å². The number of carbonyl (C=O) groups is 2. The zero-order valence-electron chi connectivity index (χ0n) is 15.3. The lowest BCUT2D eigenvalue weighted by Gasteiger charge is -2.40. The molecule has 3 rings (SSSR count). The van der Waals surface area contributed by atoms with Gasteiger partial charge in [-0.05, 0) is 29.9 Å². The molecule has 25 heavy (non-hydrogen) atoms. The third-order valence-electron chi connectivity index (χ3n) is 5.21. The summed E-state index contributed by atoms with van der Waals surface area (Å²) in [6, 6.07) is 7.78. The van der Waals surface area contributed by atoms with E-state index in [1.807, 2.05) is 30.9 Å². The summed E-state index contributed by atoms with van der Waals surface area (Å²) in [7, 11) is 0. The molecular formula is C20H29N3O2. The molecule has 2 heterocycles. The predicted octanol–water partition coefficient (Wildman–Crippen LogP) is 1.94. The Morgan fingerprint density at radius 1 is 1.24 bits per heavy atom. The molecule has 2 amide bonds. The maximum atomic E-state index is 13.2. The molecule has 2 atom stereocenters. The number of rotatable bonds is 3. The van der Waals surface area contributed by atoms with Crippen LogP contribution in [0.15, 0.2) is 24.3 Å². The van der Waals surface area contributed by atoms with Crippen molar-refractivity contribution < 1.29 is 9.59 Å². The van der Waals surface area contributed by atoms with Gasteiger partial charge in [0.1, 0.15) is 6.04 Å². The van der Waals surface area contributed by atoms with E-state index in [2.05, 4.69) is 12.1 Å². The van der Waals surface area contributed by atoms with E-state index in [9.17, 15) is 9.59 Å². The third-order valence-corrected chi connectivity index (χ3v) is 5.21. The fraction of sp³-hybridized carbons (Fsp3) is 0.600. The SMILES string of the molecule is CC(C)CC(=O)N1Cc2ccccc2CC1C(=O)N1CCCC(N)C1. The molecule has 2 unspecified atom stereocenters. The molecule has 136 valence electrons. The molecule has 0 saturated carbocycles. The van der Waals surface area contributed by atoms with Crippen molar-refractivity contribution >= 4 is 11.8 Å². The number of hydrogen-bond donors (Lipinski definition) is 1. The Bertz CT molecular complexity index is 644. The number of piperidine rings is 1. The Morgan fingerprint density at radius 3 is 2.64 bits per heavy atom. The van der Waals surface area contributed by atoms with Gasteiger partial charge in [-0.3, -0.25) is 9.59 Å². The molecule has 2 aliphatic rings. The van der Waals surface area contributed by atoms with Gasteiger partial charge >= 0.3 is 0 Å². The first-order valence-electron chi connectivity index (χ1n) is 9.36. The summed E-state index contributed by atoms with van der Waals surface area (Å²) in [5.41, 5.74) is 8.38. The largest absolute Gasteiger partial charge is 0.339 e. The lowest BCUT2D eigenvalue weighted by Crippen LogP contribution is -2.56. The minimum absolute atomic E-state index is 0.0494. The highest BCUT2D eigenvalue weighted by Crippen LogP contribution is 2.26. The summed E-state index contributed by atoms with van der Waals surface area (Å²) < 4.78 is 0. The predicted molar refractivity (Wildman–Crippen MR) is 97.7 cm³/mol. The average Bonchev–Trinajstić information content (AvgIpc) is 2.59. The number of hydrogen-bond acceptors (Lipinski definition) is 3. The number of nitrogens with zero attached hydrogens (tertiary/aromatic N) is 2. The summed E-state index contributed by atoms with van der Waals surface area (Å²) in [6.07, 6.45) is 2.99. The van der Waals surface area contributed by atoms with E-state index in [0.717, 1.165) is 24.9 Å². The molecule has 1 aromatic rings. The Balaban J connectivity index is 1.84. The fourth-order valence-electron chi connectivity index (χ4n) is 3.89. The van der Waals surface area contributed by atoms with Gasteiger partial charge < -0.3 is 15.5 Å². The van der Waals surface area contributed by atoms with E-state index in [0.29, 0.717) is 25.9 Å². The second kappa shape index (κ2) is 7.56. The van der Waals surface area contributed by atoms with Crippen molar-refractivity contribution in [1.29, 1.82) is 0 Å². The number of amides is 2. The Hall–Kier alpha value is -1.88. The molecule has 2 aliphatic heterocycles. The Kier molecular flexibility index (Phi) is 5.42. The number of nitrogens with two attached hydrogens (primary N) is 1. The zero-order valence-corrected chi connectivity index (χ0v) is 15.3. The van der Waals surface area contributed by atoms with Gasteiger partial charge in [0, 0.05) is 38.5 Å². The van der Waals surface area contributed by atoms with Gasteiger partial charge in [0.15, 0.2) is 0 Å². The minimum Gasteiger partial charge on any atom is -0.339 e. The van der Waals surface area contributed by atoms with Crippen LogP contribution in [-0.2, 0) is 22.6 Å². The summed E-state index contributed by atoms with van der Waals surface area (Å²) in [5.74, 6) is 0.412. The van der Waals surface area contributed by atoms with Crippen LogP contribution in [0.5, 0.6) is 0 Å². The third kappa shape index (κ3) is 4.03. The highest BCUT2D eigenvalue weighted by Gasteiger charge is 2.37. The van der Waals surface area contributed by atoms with Crippen LogP contribution in [0.2, 0.25) is 0 Å². The Labute approximate surface area is 150 Å². The average molecular weight is 343 g/mol. The van der Waals surface area contributed by atoms with E-state index in [4.69, 9.17) is 5.73 Å². The van der Waals surface area contributed by atoms with Crippen LogP contribution in [0, 0.1) is 5.92 Å². The second-order valence-corrected chi connectivity index (χ2v) is 7.79. The number of likely N-dealkylation sites (tertiary alicyclic amines) is 1. The zero-order chi connectivity index (χ0) is 18.0. The molecule has 5 heteroatoms. The molecule has 5 nitrogen and oxygen atoms in total. The summed E-state index contributed by atoms with van der Waals surface area (Å²) in [5, 5.41) is 0. The fourth-order valence-corrected chi connectivity index (χ4v) is 3.89. The van der Waals surface area contributed by atoms with Crippen molar-refractivity contribution in [3.05, 3.63) is 35.4 Å². The second-order valence-electron chi connectivity index (χ2n) is 7.79. The van der Waals surface area contributed by atoms with Crippen LogP contribution in [0.4, 0.5) is 0 Å². The standard InChI is InChI=1S/C20H29N3O2/c1-14(2)10-19(24)23-12-16-7-4-3-6-15(16)11-18(23)20(25)22-9-5-8-17(21)13-22/h3-4,6-7,14,17-18H,5,8-13,21H2,1-2H3. The molecule has 1 aromatic carbocycles. The van der Waals surface area contributed by atoms with E-state index in [1.54, 1.807) is 4.90 Å². The van der Waals surface area contributed by atoms with Crippen molar-refractivity contribution in [2.24, 2.45) is 11.7 Å². The van der Waals surface area contributed by atoms with Crippen molar-refractivity contribution in [2.75, 3.05) is 13.1 Å². The van der Waals surface area contributed by atoms with Gasteiger partial charge in [-0.25, -0.2) is 0 Å². The van der Waals surface area contributed by atoms with Crippen LogP contribution in [0.1, 0.15) is 44.2 Å². The molecular weight excluding hydrogens is 314 g/mol. The van der Waals surface area contributed by atoms with E-state index in [1.165, 1.54) is 5.56 Å². The van der Waals surface area contributed by atoms with Crippen molar-refractivity contribution in [2.45, 2.75) is 58.2 Å². The molecule has 0 aliphatic carbocycles. The first-order valence-corrected chi connectivity index (χ1v) is 9.36. The maximum Gasteiger partial charge on any atom is 0.245 e. The highest BCUT2D eigenvalue weighted by atomic mass is 16.2. The van der Waals surface area contributed by atoms with Crippen LogP contribution in [-0.4, -0.2) is 46.8 Å². The first kappa shape index (κ1) is 17.9. The molecule has 1 fully saturated rings. The van der Waals surface area contributed by atoms with Gasteiger partial charge in [-0.15, -0.1) is 0 Å². The van der Waals surface area contributed by atoms with Crippen LogP contribution < -0.4 is 5.73 Å². The van der Waals surface area contributed by atoms with E-state index >= 15 is 0 Å². The van der Waals surface area contributed by atoms with Gasteiger partial charge in [-0.1, -0.05) is 38.1 Å². The number of fused-ring (bicyclic) bond motifs is 1. The Morgan fingerprint density at radius 2 is 1.96 bits per heavy atom. The lowest BCUT2D eigenvalue weighted by atomic mass is 9.91. The van der Waals surface area contributed by atoms with Gasteiger partial charge in [0.2, 0.25) is 11.8 Å². The maximum absolute atomic E-state index is 13.2. The quantitative estimate of drug-likeness (QED) is 0.912. The highest BCUT2D eigenvalue weighted by molar-refractivity contribution is 5.88. The van der Waals surface area contributed by atoms with Crippen LogP contribution in [0.25, 0.3) is 0 Å². The molecule has 0 bridgehead atoms. The summed E-state index contributed by atoms with van der Waals surface area (Å²) in [6.45, 7) is 5.95. The molecule has 0 spiro atoms. The lowest BCUT2D eigenvalue weighted by molar-refractivity contribution is -0.148. The molecule has 0 radical (unpaired) electrons. The molecule has 1 saturated heterocycles. The van der Waals surface area contributed by atoms with Crippen molar-refractivity contribution in [1.82, 2.24) is 9.80 Å². The van der Waals surface area contributed by atoms with Crippen LogP contribution in [0.3, 0.4) is 0 Å². The topological polar surface area (TPSA) is 66.6 Å². The van der Waals surface area contributed by atoms with Gasteiger partial charge in [0.25, 0.3) is 0 Å². The molecule has 2 N–H and O–H groups in total.